The molecule has 162 valence electrons. The van der Waals surface area contributed by atoms with Gasteiger partial charge in [-0.1, -0.05) is 44.2 Å². The lowest BCUT2D eigenvalue weighted by Gasteiger charge is -2.15. The summed E-state index contributed by atoms with van der Waals surface area (Å²) in [5, 5.41) is 3.14. The largest absolute Gasteiger partial charge is 0.497 e. The number of carbonyl (C=O) groups is 1. The first-order valence-electron chi connectivity index (χ1n) is 10.8. The van der Waals surface area contributed by atoms with Gasteiger partial charge in [0.25, 0.3) is 5.91 Å². The summed E-state index contributed by atoms with van der Waals surface area (Å²) in [6.45, 7) is 4.18. The van der Waals surface area contributed by atoms with Crippen molar-refractivity contribution in [3.63, 3.8) is 0 Å². The highest BCUT2D eigenvalue weighted by Crippen LogP contribution is 2.30. The van der Waals surface area contributed by atoms with Crippen molar-refractivity contribution in [1.29, 1.82) is 0 Å². The van der Waals surface area contributed by atoms with Crippen molar-refractivity contribution < 1.29 is 13.9 Å². The standard InChI is InChI=1S/C27H26N2O3/c1-4-18-9-8-10-19(5-2)25(18)29-26(30)22-11-6-7-12-23(22)27-28-17-24(32-27)20-13-15-21(31-3)16-14-20/h6-17H,4-5H2,1-3H3,(H,29,30). The van der Waals surface area contributed by atoms with Crippen LogP contribution in [0.3, 0.4) is 0 Å². The fourth-order valence-electron chi connectivity index (χ4n) is 3.74. The number of carbonyl (C=O) groups excluding carboxylic acids is 1. The summed E-state index contributed by atoms with van der Waals surface area (Å²) in [5.41, 5.74) is 5.18. The van der Waals surface area contributed by atoms with Gasteiger partial charge in [0, 0.05) is 16.8 Å². The van der Waals surface area contributed by atoms with Gasteiger partial charge in [-0.05, 0) is 60.4 Å². The Bertz CT molecular complexity index is 1200. The molecule has 0 aliphatic heterocycles. The molecule has 0 atom stereocenters. The lowest BCUT2D eigenvalue weighted by molar-refractivity contribution is 0.102. The average molecular weight is 427 g/mol. The van der Waals surface area contributed by atoms with Crippen molar-refractivity contribution >= 4 is 11.6 Å². The van der Waals surface area contributed by atoms with Crippen LogP contribution in [0.25, 0.3) is 22.8 Å². The highest BCUT2D eigenvalue weighted by atomic mass is 16.5. The molecular formula is C27H26N2O3. The van der Waals surface area contributed by atoms with Crippen LogP contribution >= 0.6 is 0 Å². The summed E-state index contributed by atoms with van der Waals surface area (Å²) in [6.07, 6.45) is 3.36. The smallest absolute Gasteiger partial charge is 0.256 e. The Morgan fingerprint density at radius 2 is 1.62 bits per heavy atom. The van der Waals surface area contributed by atoms with Gasteiger partial charge in [-0.2, -0.15) is 0 Å². The first kappa shape index (κ1) is 21.4. The predicted octanol–water partition coefficient (Wildman–Crippen LogP) is 6.39. The van der Waals surface area contributed by atoms with Crippen LogP contribution in [0.5, 0.6) is 5.75 Å². The van der Waals surface area contributed by atoms with Crippen molar-refractivity contribution in [3.8, 4) is 28.5 Å². The summed E-state index contributed by atoms with van der Waals surface area (Å²) >= 11 is 0. The molecule has 32 heavy (non-hydrogen) atoms. The van der Waals surface area contributed by atoms with E-state index in [0.717, 1.165) is 41.0 Å². The van der Waals surface area contributed by atoms with E-state index in [0.29, 0.717) is 22.8 Å². The Morgan fingerprint density at radius 3 is 2.28 bits per heavy atom. The number of hydrogen-bond donors (Lipinski definition) is 1. The summed E-state index contributed by atoms with van der Waals surface area (Å²) in [4.78, 5) is 17.7. The van der Waals surface area contributed by atoms with E-state index in [1.807, 2.05) is 48.5 Å². The second-order valence-electron chi connectivity index (χ2n) is 7.42. The maximum absolute atomic E-state index is 13.3. The zero-order chi connectivity index (χ0) is 22.5. The Balaban J connectivity index is 1.66. The highest BCUT2D eigenvalue weighted by molar-refractivity contribution is 6.08. The van der Waals surface area contributed by atoms with Crippen LogP contribution in [0.15, 0.2) is 77.3 Å². The fourth-order valence-corrected chi connectivity index (χ4v) is 3.74. The minimum Gasteiger partial charge on any atom is -0.497 e. The second kappa shape index (κ2) is 9.52. The van der Waals surface area contributed by atoms with Crippen LogP contribution in [0.2, 0.25) is 0 Å². The quantitative estimate of drug-likeness (QED) is 0.372. The maximum atomic E-state index is 13.3. The monoisotopic (exact) mass is 426 g/mol. The lowest BCUT2D eigenvalue weighted by Crippen LogP contribution is -2.16. The second-order valence-corrected chi connectivity index (χ2v) is 7.42. The van der Waals surface area contributed by atoms with Gasteiger partial charge >= 0.3 is 0 Å². The molecule has 0 fully saturated rings. The molecule has 4 rings (SSSR count). The lowest BCUT2D eigenvalue weighted by atomic mass is 10.0. The summed E-state index contributed by atoms with van der Waals surface area (Å²) in [7, 11) is 1.63. The maximum Gasteiger partial charge on any atom is 0.256 e. The molecule has 5 heteroatoms. The molecule has 0 unspecified atom stereocenters. The Morgan fingerprint density at radius 1 is 0.938 bits per heavy atom. The van der Waals surface area contributed by atoms with Gasteiger partial charge < -0.3 is 14.5 Å². The van der Waals surface area contributed by atoms with E-state index in [4.69, 9.17) is 9.15 Å². The van der Waals surface area contributed by atoms with Crippen LogP contribution < -0.4 is 10.1 Å². The third-order valence-corrected chi connectivity index (χ3v) is 5.52. The zero-order valence-electron chi connectivity index (χ0n) is 18.5. The zero-order valence-corrected chi connectivity index (χ0v) is 18.5. The number of rotatable bonds is 7. The first-order valence-corrected chi connectivity index (χ1v) is 10.8. The van der Waals surface area contributed by atoms with Crippen molar-refractivity contribution in [3.05, 3.63) is 89.6 Å². The number of aromatic nitrogens is 1. The number of ether oxygens (including phenoxy) is 1. The van der Waals surface area contributed by atoms with E-state index >= 15 is 0 Å². The van der Waals surface area contributed by atoms with E-state index < -0.39 is 0 Å². The molecular weight excluding hydrogens is 400 g/mol. The number of nitrogens with one attached hydrogen (secondary N) is 1. The van der Waals surface area contributed by atoms with Gasteiger partial charge in [0.2, 0.25) is 5.89 Å². The molecule has 0 aliphatic rings. The highest BCUT2D eigenvalue weighted by Gasteiger charge is 2.19. The van der Waals surface area contributed by atoms with Gasteiger partial charge in [0.1, 0.15) is 5.75 Å². The van der Waals surface area contributed by atoms with Crippen LogP contribution in [0, 0.1) is 0 Å². The minimum absolute atomic E-state index is 0.180. The molecule has 1 heterocycles. The SMILES string of the molecule is CCc1cccc(CC)c1NC(=O)c1ccccc1-c1ncc(-c2ccc(OC)cc2)o1. The van der Waals surface area contributed by atoms with Crippen molar-refractivity contribution in [2.24, 2.45) is 0 Å². The molecule has 5 nitrogen and oxygen atoms in total. The third kappa shape index (κ3) is 4.28. The fraction of sp³-hybridized carbons (Fsp3) is 0.185. The Hall–Kier alpha value is -3.86. The number of methoxy groups -OCH3 is 1. The molecule has 3 aromatic carbocycles. The number of nitrogens with zero attached hydrogens (tertiary/aromatic N) is 1. The number of hydrogen-bond acceptors (Lipinski definition) is 4. The molecule has 4 aromatic rings. The molecule has 1 N–H and O–H groups in total. The average Bonchev–Trinajstić information content (AvgIpc) is 3.34. The van der Waals surface area contributed by atoms with Crippen LogP contribution in [-0.2, 0) is 12.8 Å². The summed E-state index contributed by atoms with van der Waals surface area (Å²) in [5.74, 6) is 1.62. The normalized spacial score (nSPS) is 10.7. The molecule has 0 spiro atoms. The number of aryl methyl sites for hydroxylation is 2. The number of para-hydroxylation sites is 1. The van der Waals surface area contributed by atoms with Crippen molar-refractivity contribution in [1.82, 2.24) is 4.98 Å². The van der Waals surface area contributed by atoms with Crippen molar-refractivity contribution in [2.45, 2.75) is 26.7 Å². The van der Waals surface area contributed by atoms with Gasteiger partial charge in [-0.15, -0.1) is 0 Å². The topological polar surface area (TPSA) is 64.4 Å². The molecule has 0 bridgehead atoms. The van der Waals surface area contributed by atoms with E-state index in [2.05, 4.69) is 36.3 Å². The van der Waals surface area contributed by atoms with Crippen LogP contribution in [0.1, 0.15) is 35.3 Å². The number of amides is 1. The minimum atomic E-state index is -0.180. The van der Waals surface area contributed by atoms with E-state index in [9.17, 15) is 4.79 Å². The summed E-state index contributed by atoms with van der Waals surface area (Å²) < 4.78 is 11.2. The third-order valence-electron chi connectivity index (χ3n) is 5.52. The molecule has 0 aliphatic carbocycles. The van der Waals surface area contributed by atoms with Gasteiger partial charge in [-0.3, -0.25) is 4.79 Å². The number of oxazole rings is 1. The molecule has 0 saturated carbocycles. The molecule has 1 amide bonds. The first-order chi connectivity index (χ1) is 15.6. The molecule has 0 saturated heterocycles. The molecule has 1 aromatic heterocycles. The van der Waals surface area contributed by atoms with Crippen LogP contribution in [-0.4, -0.2) is 18.0 Å². The Kier molecular flexibility index (Phi) is 6.36. The van der Waals surface area contributed by atoms with E-state index in [1.54, 1.807) is 19.4 Å². The number of anilines is 1. The Labute approximate surface area is 188 Å². The van der Waals surface area contributed by atoms with E-state index in [-0.39, 0.29) is 5.91 Å². The summed E-state index contributed by atoms with van der Waals surface area (Å²) in [6, 6.07) is 21.1. The van der Waals surface area contributed by atoms with Crippen LogP contribution in [0.4, 0.5) is 5.69 Å². The van der Waals surface area contributed by atoms with Crippen molar-refractivity contribution in [2.75, 3.05) is 12.4 Å². The van der Waals surface area contributed by atoms with Gasteiger partial charge in [-0.25, -0.2) is 4.98 Å². The van der Waals surface area contributed by atoms with Gasteiger partial charge in [0.15, 0.2) is 5.76 Å². The molecule has 0 radical (unpaired) electrons. The predicted molar refractivity (Wildman–Crippen MR) is 127 cm³/mol. The number of benzene rings is 3. The van der Waals surface area contributed by atoms with Gasteiger partial charge in [0.05, 0.1) is 18.9 Å². The van der Waals surface area contributed by atoms with E-state index in [1.165, 1.54) is 0 Å².